The van der Waals surface area contributed by atoms with E-state index in [4.69, 9.17) is 9.47 Å². The third kappa shape index (κ3) is 2.57. The Labute approximate surface area is 101 Å². The lowest BCUT2D eigenvalue weighted by atomic mass is 9.79. The third-order valence-corrected chi connectivity index (χ3v) is 2.78. The first-order valence-corrected chi connectivity index (χ1v) is 5.51. The lowest BCUT2D eigenvalue weighted by molar-refractivity contribution is -0.175. The molecule has 1 heterocycles. The predicted octanol–water partition coefficient (Wildman–Crippen LogP) is 2.00. The largest absolute Gasteiger partial charge is 0.468 e. The van der Waals surface area contributed by atoms with Crippen molar-refractivity contribution in [3.05, 3.63) is 24.8 Å². The number of cyclic esters (lactones) is 1. The van der Waals surface area contributed by atoms with Gasteiger partial charge < -0.3 is 9.47 Å². The SMILES string of the molecule is C=CCCC1(C(=O)OC)C=CC(C)(C)OC1=O. The Bertz CT molecular complexity index is 368. The molecule has 0 bridgehead atoms. The van der Waals surface area contributed by atoms with Gasteiger partial charge in [0, 0.05) is 0 Å². The summed E-state index contributed by atoms with van der Waals surface area (Å²) in [7, 11) is 1.26. The summed E-state index contributed by atoms with van der Waals surface area (Å²) in [4.78, 5) is 23.8. The maximum absolute atomic E-state index is 12.0. The van der Waals surface area contributed by atoms with Gasteiger partial charge in [0.05, 0.1) is 7.11 Å². The second kappa shape index (κ2) is 4.73. The van der Waals surface area contributed by atoms with E-state index < -0.39 is 23.0 Å². The van der Waals surface area contributed by atoms with Crippen molar-refractivity contribution in [2.75, 3.05) is 7.11 Å². The van der Waals surface area contributed by atoms with Crippen molar-refractivity contribution in [2.24, 2.45) is 5.41 Å². The molecule has 0 aromatic carbocycles. The first-order valence-electron chi connectivity index (χ1n) is 5.51. The summed E-state index contributed by atoms with van der Waals surface area (Å²) in [6.07, 6.45) is 5.82. The number of carbonyl (C=O) groups is 2. The molecule has 0 aliphatic carbocycles. The minimum absolute atomic E-state index is 0.314. The number of ether oxygens (including phenoxy) is 2. The van der Waals surface area contributed by atoms with Crippen LogP contribution < -0.4 is 0 Å². The fourth-order valence-electron chi connectivity index (χ4n) is 1.73. The van der Waals surface area contributed by atoms with Gasteiger partial charge in [0.25, 0.3) is 0 Å². The van der Waals surface area contributed by atoms with Crippen molar-refractivity contribution in [1.29, 1.82) is 0 Å². The number of hydrogen-bond acceptors (Lipinski definition) is 4. The highest BCUT2D eigenvalue weighted by molar-refractivity contribution is 6.03. The van der Waals surface area contributed by atoms with Gasteiger partial charge >= 0.3 is 11.9 Å². The third-order valence-electron chi connectivity index (χ3n) is 2.78. The van der Waals surface area contributed by atoms with E-state index in [2.05, 4.69) is 6.58 Å². The van der Waals surface area contributed by atoms with Gasteiger partial charge in [-0.05, 0) is 32.8 Å². The number of esters is 2. The number of hydrogen-bond donors (Lipinski definition) is 0. The van der Waals surface area contributed by atoms with E-state index in [1.807, 2.05) is 0 Å². The maximum Gasteiger partial charge on any atom is 0.328 e. The Kier molecular flexibility index (Phi) is 3.76. The van der Waals surface area contributed by atoms with Gasteiger partial charge in [-0.1, -0.05) is 12.2 Å². The predicted molar refractivity (Wildman–Crippen MR) is 63.2 cm³/mol. The molecule has 0 N–H and O–H groups in total. The van der Waals surface area contributed by atoms with Crippen LogP contribution >= 0.6 is 0 Å². The summed E-state index contributed by atoms with van der Waals surface area (Å²) in [6, 6.07) is 0. The van der Waals surface area contributed by atoms with Crippen molar-refractivity contribution in [2.45, 2.75) is 32.3 Å². The van der Waals surface area contributed by atoms with Gasteiger partial charge in [-0.2, -0.15) is 0 Å². The van der Waals surface area contributed by atoms with Crippen molar-refractivity contribution < 1.29 is 19.1 Å². The van der Waals surface area contributed by atoms with Crippen LogP contribution in [-0.4, -0.2) is 24.6 Å². The molecule has 4 heteroatoms. The molecule has 0 aromatic heterocycles. The highest BCUT2D eigenvalue weighted by Crippen LogP contribution is 2.36. The smallest absolute Gasteiger partial charge is 0.328 e. The van der Waals surface area contributed by atoms with Gasteiger partial charge in [0.2, 0.25) is 0 Å². The van der Waals surface area contributed by atoms with Gasteiger partial charge in [-0.3, -0.25) is 9.59 Å². The molecule has 4 nitrogen and oxygen atoms in total. The average Bonchev–Trinajstić information content (AvgIpc) is 2.27. The zero-order valence-electron chi connectivity index (χ0n) is 10.5. The van der Waals surface area contributed by atoms with Crippen molar-refractivity contribution in [1.82, 2.24) is 0 Å². The van der Waals surface area contributed by atoms with Gasteiger partial charge in [0.15, 0.2) is 5.41 Å². The van der Waals surface area contributed by atoms with E-state index >= 15 is 0 Å². The molecule has 0 amide bonds. The quantitative estimate of drug-likeness (QED) is 0.427. The van der Waals surface area contributed by atoms with Crippen molar-refractivity contribution >= 4 is 11.9 Å². The van der Waals surface area contributed by atoms with E-state index in [-0.39, 0.29) is 0 Å². The Hall–Kier alpha value is -1.58. The van der Waals surface area contributed by atoms with Crippen LogP contribution in [0.2, 0.25) is 0 Å². The average molecular weight is 238 g/mol. The fourth-order valence-corrected chi connectivity index (χ4v) is 1.73. The lowest BCUT2D eigenvalue weighted by Crippen LogP contribution is -2.46. The first kappa shape index (κ1) is 13.5. The van der Waals surface area contributed by atoms with Crippen LogP contribution in [0.15, 0.2) is 24.8 Å². The minimum atomic E-state index is -1.32. The Morgan fingerprint density at radius 1 is 1.53 bits per heavy atom. The molecule has 1 atom stereocenters. The molecule has 1 unspecified atom stereocenters. The van der Waals surface area contributed by atoms with Crippen LogP contribution in [0.1, 0.15) is 26.7 Å². The highest BCUT2D eigenvalue weighted by Gasteiger charge is 2.50. The van der Waals surface area contributed by atoms with Crippen LogP contribution in [0, 0.1) is 5.41 Å². The first-order chi connectivity index (χ1) is 7.88. The summed E-state index contributed by atoms with van der Waals surface area (Å²) in [5.74, 6) is -1.14. The number of carbonyl (C=O) groups excluding carboxylic acids is 2. The Morgan fingerprint density at radius 2 is 2.18 bits per heavy atom. The lowest BCUT2D eigenvalue weighted by Gasteiger charge is -2.35. The molecular weight excluding hydrogens is 220 g/mol. The van der Waals surface area contributed by atoms with E-state index in [1.165, 1.54) is 7.11 Å². The van der Waals surface area contributed by atoms with Gasteiger partial charge in [-0.15, -0.1) is 6.58 Å². The molecule has 0 fully saturated rings. The summed E-state index contributed by atoms with van der Waals surface area (Å²) in [5.41, 5.74) is -2.00. The molecular formula is C13H18O4. The molecule has 1 aliphatic rings. The molecule has 0 saturated heterocycles. The summed E-state index contributed by atoms with van der Waals surface area (Å²) in [6.45, 7) is 7.11. The normalized spacial score (nSPS) is 26.2. The number of rotatable bonds is 4. The summed E-state index contributed by atoms with van der Waals surface area (Å²) >= 11 is 0. The van der Waals surface area contributed by atoms with Crippen LogP contribution in [0.3, 0.4) is 0 Å². The van der Waals surface area contributed by atoms with E-state index in [1.54, 1.807) is 32.1 Å². The monoisotopic (exact) mass is 238 g/mol. The molecule has 1 aliphatic heterocycles. The molecule has 1 rings (SSSR count). The second-order valence-corrected chi connectivity index (χ2v) is 4.62. The minimum Gasteiger partial charge on any atom is -0.468 e. The summed E-state index contributed by atoms with van der Waals surface area (Å²) in [5, 5.41) is 0. The zero-order chi connectivity index (χ0) is 13.1. The Morgan fingerprint density at radius 3 is 2.65 bits per heavy atom. The van der Waals surface area contributed by atoms with Crippen LogP contribution in [0.4, 0.5) is 0 Å². The molecule has 94 valence electrons. The number of methoxy groups -OCH3 is 1. The molecule has 0 saturated carbocycles. The van der Waals surface area contributed by atoms with Crippen LogP contribution in [0.25, 0.3) is 0 Å². The molecule has 0 radical (unpaired) electrons. The van der Waals surface area contributed by atoms with E-state index in [0.29, 0.717) is 12.8 Å². The van der Waals surface area contributed by atoms with Crippen LogP contribution in [-0.2, 0) is 19.1 Å². The fraction of sp³-hybridized carbons (Fsp3) is 0.538. The highest BCUT2D eigenvalue weighted by atomic mass is 16.6. The second-order valence-electron chi connectivity index (χ2n) is 4.62. The van der Waals surface area contributed by atoms with E-state index in [9.17, 15) is 9.59 Å². The van der Waals surface area contributed by atoms with Crippen molar-refractivity contribution in [3.63, 3.8) is 0 Å². The van der Waals surface area contributed by atoms with E-state index in [0.717, 1.165) is 0 Å². The van der Waals surface area contributed by atoms with Gasteiger partial charge in [-0.25, -0.2) is 0 Å². The zero-order valence-corrected chi connectivity index (χ0v) is 10.5. The van der Waals surface area contributed by atoms with Gasteiger partial charge in [0.1, 0.15) is 5.60 Å². The van der Waals surface area contributed by atoms with Crippen LogP contribution in [0.5, 0.6) is 0 Å². The van der Waals surface area contributed by atoms with Crippen molar-refractivity contribution in [3.8, 4) is 0 Å². The summed E-state index contributed by atoms with van der Waals surface area (Å²) < 4.78 is 9.95. The topological polar surface area (TPSA) is 52.6 Å². The number of allylic oxidation sites excluding steroid dienone is 1. The molecule has 17 heavy (non-hydrogen) atoms. The molecule has 0 spiro atoms. The molecule has 0 aromatic rings. The Balaban J connectivity index is 3.11. The maximum atomic E-state index is 12.0. The standard InChI is InChI=1S/C13H18O4/c1-5-6-7-13(10(14)16-4)9-8-12(2,3)17-11(13)15/h5,8-9H,1,6-7H2,2-4H3.